The van der Waals surface area contributed by atoms with Crippen LogP contribution in [-0.2, 0) is 26.2 Å². The maximum atomic E-state index is 14.0. The monoisotopic (exact) mass is 493 g/mol. The van der Waals surface area contributed by atoms with Crippen LogP contribution in [0.25, 0.3) is 0 Å². The highest BCUT2D eigenvalue weighted by atomic mass is 32.2. The molecular weight excluding hydrogens is 466 g/mol. The van der Waals surface area contributed by atoms with Crippen LogP contribution in [0.1, 0.15) is 23.6 Å². The van der Waals surface area contributed by atoms with E-state index in [1.165, 1.54) is 19.5 Å². The second-order valence-corrected chi connectivity index (χ2v) is 9.58. The van der Waals surface area contributed by atoms with E-state index in [4.69, 9.17) is 14.2 Å². The largest absolute Gasteiger partial charge is 0.497 e. The fraction of sp³-hybridized carbons (Fsp3) is 0.364. The highest BCUT2D eigenvalue weighted by molar-refractivity contribution is 7.89. The first-order valence-corrected chi connectivity index (χ1v) is 11.8. The third kappa shape index (κ3) is 5.24. The summed E-state index contributed by atoms with van der Waals surface area (Å²) in [6.45, 7) is 3.92. The standard InChI is InChI=1S/C22H27N3O8S/c1-13-7-17(31-4)8-14(2)21(13)34(29,30)25(18(22(27)24-28)10-23-15(3)26)11-16-5-6-19-20(9-16)33-12-32-19/h5-9,18,28H,10-12H2,1-4H3,(H,23,26)(H,24,27)/t18-/m1/s1. The summed E-state index contributed by atoms with van der Waals surface area (Å²) in [5.74, 6) is -0.0198. The van der Waals surface area contributed by atoms with Crippen LogP contribution in [0.5, 0.6) is 17.2 Å². The van der Waals surface area contributed by atoms with E-state index in [1.807, 2.05) is 0 Å². The van der Waals surface area contributed by atoms with Crippen molar-refractivity contribution in [2.75, 3.05) is 20.4 Å². The number of aryl methyl sites for hydroxylation is 2. The molecule has 34 heavy (non-hydrogen) atoms. The second-order valence-electron chi connectivity index (χ2n) is 7.76. The van der Waals surface area contributed by atoms with Crippen LogP contribution in [0.2, 0.25) is 0 Å². The summed E-state index contributed by atoms with van der Waals surface area (Å²) >= 11 is 0. The van der Waals surface area contributed by atoms with Crippen LogP contribution in [0.4, 0.5) is 0 Å². The van der Waals surface area contributed by atoms with Crippen LogP contribution in [-0.4, -0.2) is 56.2 Å². The van der Waals surface area contributed by atoms with Gasteiger partial charge in [0.2, 0.25) is 22.7 Å². The Hall–Kier alpha value is -3.35. The summed E-state index contributed by atoms with van der Waals surface area (Å²) in [7, 11) is -2.84. The lowest BCUT2D eigenvalue weighted by atomic mass is 10.1. The van der Waals surface area contributed by atoms with Crippen molar-refractivity contribution in [3.63, 3.8) is 0 Å². The fourth-order valence-electron chi connectivity index (χ4n) is 3.77. The van der Waals surface area contributed by atoms with Gasteiger partial charge in [0.25, 0.3) is 5.91 Å². The number of amides is 2. The number of benzene rings is 2. The molecule has 3 rings (SSSR count). The van der Waals surface area contributed by atoms with Crippen molar-refractivity contribution >= 4 is 21.8 Å². The van der Waals surface area contributed by atoms with Gasteiger partial charge >= 0.3 is 0 Å². The molecule has 12 heteroatoms. The minimum atomic E-state index is -4.32. The van der Waals surface area contributed by atoms with Crippen molar-refractivity contribution < 1.29 is 37.4 Å². The summed E-state index contributed by atoms with van der Waals surface area (Å²) in [6.07, 6.45) is 0. The summed E-state index contributed by atoms with van der Waals surface area (Å²) in [5.41, 5.74) is 2.84. The maximum Gasteiger partial charge on any atom is 0.263 e. The Morgan fingerprint density at radius 1 is 1.15 bits per heavy atom. The van der Waals surface area contributed by atoms with Gasteiger partial charge in [-0.1, -0.05) is 6.07 Å². The number of carbonyl (C=O) groups excluding carboxylic acids is 2. The van der Waals surface area contributed by atoms with Gasteiger partial charge in [-0.15, -0.1) is 0 Å². The Kier molecular flexibility index (Phi) is 7.64. The Morgan fingerprint density at radius 3 is 2.38 bits per heavy atom. The number of sulfonamides is 1. The predicted octanol–water partition coefficient (Wildman–Crippen LogP) is 1.24. The Morgan fingerprint density at radius 2 is 1.79 bits per heavy atom. The van der Waals surface area contributed by atoms with E-state index in [-0.39, 0.29) is 24.8 Å². The summed E-state index contributed by atoms with van der Waals surface area (Å²) in [5, 5.41) is 11.8. The van der Waals surface area contributed by atoms with Gasteiger partial charge < -0.3 is 19.5 Å². The normalized spacial score (nSPS) is 13.5. The van der Waals surface area contributed by atoms with E-state index >= 15 is 0 Å². The van der Waals surface area contributed by atoms with E-state index in [2.05, 4.69) is 5.32 Å². The number of nitrogens with one attached hydrogen (secondary N) is 2. The Balaban J connectivity index is 2.13. The van der Waals surface area contributed by atoms with Crippen molar-refractivity contribution in [1.82, 2.24) is 15.1 Å². The molecule has 2 aromatic carbocycles. The van der Waals surface area contributed by atoms with Crippen molar-refractivity contribution in [3.8, 4) is 17.2 Å². The van der Waals surface area contributed by atoms with Crippen molar-refractivity contribution in [2.24, 2.45) is 0 Å². The molecule has 1 aliphatic rings. The summed E-state index contributed by atoms with van der Waals surface area (Å²) in [4.78, 5) is 24.2. The lowest BCUT2D eigenvalue weighted by Gasteiger charge is -2.31. The molecule has 0 unspecified atom stereocenters. The zero-order valence-electron chi connectivity index (χ0n) is 19.2. The van der Waals surface area contributed by atoms with Gasteiger partial charge in [-0.05, 0) is 54.8 Å². The molecule has 11 nitrogen and oxygen atoms in total. The molecule has 3 N–H and O–H groups in total. The molecule has 1 atom stereocenters. The van der Waals surface area contributed by atoms with Gasteiger partial charge in [-0.3, -0.25) is 14.8 Å². The van der Waals surface area contributed by atoms with E-state index in [1.54, 1.807) is 44.2 Å². The van der Waals surface area contributed by atoms with Crippen molar-refractivity contribution in [2.45, 2.75) is 38.3 Å². The third-order valence-electron chi connectivity index (χ3n) is 5.32. The Bertz CT molecular complexity index is 1180. The first kappa shape index (κ1) is 25.3. The molecule has 2 amide bonds. The number of hydroxylamine groups is 1. The molecule has 0 fully saturated rings. The van der Waals surface area contributed by atoms with Gasteiger partial charge in [0.05, 0.1) is 12.0 Å². The average Bonchev–Trinajstić information content (AvgIpc) is 3.25. The first-order chi connectivity index (χ1) is 16.1. The second kappa shape index (κ2) is 10.3. The molecule has 0 saturated heterocycles. The number of fused-ring (bicyclic) bond motifs is 1. The molecule has 0 radical (unpaired) electrons. The van der Waals surface area contributed by atoms with E-state index < -0.39 is 27.9 Å². The lowest BCUT2D eigenvalue weighted by Crippen LogP contribution is -2.53. The van der Waals surface area contributed by atoms with Gasteiger partial charge in [-0.2, -0.15) is 4.31 Å². The van der Waals surface area contributed by atoms with Crippen molar-refractivity contribution in [1.29, 1.82) is 0 Å². The number of methoxy groups -OCH3 is 1. The van der Waals surface area contributed by atoms with Gasteiger partial charge in [0.1, 0.15) is 11.8 Å². The molecule has 1 heterocycles. The third-order valence-corrected chi connectivity index (χ3v) is 7.48. The molecule has 1 aliphatic heterocycles. The topological polar surface area (TPSA) is 144 Å². The number of rotatable bonds is 9. The number of hydrogen-bond donors (Lipinski definition) is 3. The first-order valence-electron chi connectivity index (χ1n) is 10.3. The highest BCUT2D eigenvalue weighted by Gasteiger charge is 2.38. The number of carbonyl (C=O) groups is 2. The van der Waals surface area contributed by atoms with Crippen LogP contribution in [0.3, 0.4) is 0 Å². The molecule has 0 saturated carbocycles. The maximum absolute atomic E-state index is 14.0. The number of nitrogens with zero attached hydrogens (tertiary/aromatic N) is 1. The molecule has 0 bridgehead atoms. The van der Waals surface area contributed by atoms with Crippen LogP contribution >= 0.6 is 0 Å². The minimum absolute atomic E-state index is 0.00684. The van der Waals surface area contributed by atoms with E-state index in [9.17, 15) is 23.2 Å². The molecular formula is C22H27N3O8S. The van der Waals surface area contributed by atoms with Crippen molar-refractivity contribution in [3.05, 3.63) is 47.0 Å². The molecule has 0 aliphatic carbocycles. The Labute approximate surface area is 197 Å². The summed E-state index contributed by atoms with van der Waals surface area (Å²) in [6, 6.07) is 6.61. The van der Waals surface area contributed by atoms with Gasteiger partial charge in [0, 0.05) is 20.0 Å². The predicted molar refractivity (Wildman–Crippen MR) is 120 cm³/mol. The van der Waals surface area contributed by atoms with E-state index in [0.29, 0.717) is 33.9 Å². The van der Waals surface area contributed by atoms with Crippen LogP contribution in [0.15, 0.2) is 35.2 Å². The molecule has 0 aromatic heterocycles. The highest BCUT2D eigenvalue weighted by Crippen LogP contribution is 2.34. The molecule has 0 spiro atoms. The van der Waals surface area contributed by atoms with Gasteiger partial charge in [-0.25, -0.2) is 13.9 Å². The number of ether oxygens (including phenoxy) is 3. The van der Waals surface area contributed by atoms with Crippen LogP contribution < -0.4 is 25.0 Å². The fourth-order valence-corrected chi connectivity index (χ4v) is 5.77. The van der Waals surface area contributed by atoms with E-state index in [0.717, 1.165) is 4.31 Å². The average molecular weight is 494 g/mol. The van der Waals surface area contributed by atoms with Gasteiger partial charge in [0.15, 0.2) is 11.5 Å². The molecule has 2 aromatic rings. The zero-order chi connectivity index (χ0) is 25.0. The minimum Gasteiger partial charge on any atom is -0.497 e. The quantitative estimate of drug-likeness (QED) is 0.350. The van der Waals surface area contributed by atoms with Crippen LogP contribution in [0, 0.1) is 13.8 Å². The summed E-state index contributed by atoms with van der Waals surface area (Å²) < 4.78 is 44.8. The lowest BCUT2D eigenvalue weighted by molar-refractivity contribution is -0.133. The zero-order valence-corrected chi connectivity index (χ0v) is 20.1. The SMILES string of the molecule is COc1cc(C)c(S(=O)(=O)N(Cc2ccc3c(c2)OCO3)[C@H](CNC(C)=O)C(=O)NO)c(C)c1. The molecule has 184 valence electrons. The number of hydrogen-bond acceptors (Lipinski definition) is 8. The smallest absolute Gasteiger partial charge is 0.263 e.